The highest BCUT2D eigenvalue weighted by atomic mass is 28.3. The first-order chi connectivity index (χ1) is 7.43. The molecule has 0 aromatic carbocycles. The maximum atomic E-state index is 5.78. The fourth-order valence-electron chi connectivity index (χ4n) is 2.79. The van der Waals surface area contributed by atoms with E-state index >= 15 is 0 Å². The van der Waals surface area contributed by atoms with E-state index in [4.69, 9.17) is 14.2 Å². The van der Waals surface area contributed by atoms with Crippen LogP contribution >= 0.6 is 0 Å². The van der Waals surface area contributed by atoms with E-state index < -0.39 is 8.07 Å². The summed E-state index contributed by atoms with van der Waals surface area (Å²) in [5, 5.41) is -0.732. The van der Waals surface area contributed by atoms with Crippen molar-refractivity contribution in [3.63, 3.8) is 0 Å². The molecule has 0 rings (SSSR count). The van der Waals surface area contributed by atoms with Crippen LogP contribution in [0.1, 0.15) is 41.5 Å². The molecule has 0 aromatic heterocycles. The molecule has 0 aliphatic rings. The van der Waals surface area contributed by atoms with E-state index in [1.54, 1.807) is 21.3 Å². The molecule has 0 spiro atoms. The average molecular weight is 262 g/mol. The van der Waals surface area contributed by atoms with Gasteiger partial charge in [-0.15, -0.1) is 0 Å². The summed E-state index contributed by atoms with van der Waals surface area (Å²) >= 11 is 0. The first kappa shape index (κ1) is 17.1. The molecule has 0 N–H and O–H groups in total. The highest BCUT2D eigenvalue weighted by Gasteiger charge is 2.63. The lowest BCUT2D eigenvalue weighted by atomic mass is 10.4. The summed E-state index contributed by atoms with van der Waals surface area (Å²) in [4.78, 5) is 0. The summed E-state index contributed by atoms with van der Waals surface area (Å²) in [6.45, 7) is 15.1. The smallest absolute Gasteiger partial charge is 0.158 e. The molecular formula is C13H30O3Si. The maximum Gasteiger partial charge on any atom is 0.158 e. The molecule has 0 unspecified atom stereocenters. The van der Waals surface area contributed by atoms with E-state index in [0.29, 0.717) is 0 Å². The maximum absolute atomic E-state index is 5.78. The molecule has 0 aromatic rings. The highest BCUT2D eigenvalue weighted by molar-refractivity contribution is 6.86. The van der Waals surface area contributed by atoms with Crippen LogP contribution in [0, 0.1) is 0 Å². The molecule has 0 atom stereocenters. The van der Waals surface area contributed by atoms with Crippen LogP contribution in [0.5, 0.6) is 0 Å². The van der Waals surface area contributed by atoms with Crippen LogP contribution in [-0.2, 0) is 14.2 Å². The van der Waals surface area contributed by atoms with Gasteiger partial charge in [-0.25, -0.2) is 0 Å². The summed E-state index contributed by atoms with van der Waals surface area (Å²) in [5.74, 6) is 0. The molecule has 3 nitrogen and oxygen atoms in total. The molecule has 17 heavy (non-hydrogen) atoms. The van der Waals surface area contributed by atoms with Crippen LogP contribution in [-0.4, -0.2) is 45.1 Å². The molecular weight excluding hydrogens is 232 g/mol. The van der Waals surface area contributed by atoms with Gasteiger partial charge in [0.1, 0.15) is 0 Å². The van der Waals surface area contributed by atoms with Gasteiger partial charge in [0.2, 0.25) is 0 Å². The Kier molecular flexibility index (Phi) is 5.03. The van der Waals surface area contributed by atoms with E-state index in [2.05, 4.69) is 48.1 Å². The second-order valence-electron chi connectivity index (χ2n) is 6.27. The van der Waals surface area contributed by atoms with Crippen molar-refractivity contribution in [3.8, 4) is 0 Å². The first-order valence-corrected chi connectivity index (χ1v) is 8.59. The summed E-state index contributed by atoms with van der Waals surface area (Å²) in [5.41, 5.74) is 0. The van der Waals surface area contributed by atoms with Crippen LogP contribution in [0.2, 0.25) is 6.55 Å². The quantitative estimate of drug-likeness (QED) is 0.689. The third-order valence-corrected chi connectivity index (χ3v) is 13.0. The van der Waals surface area contributed by atoms with Crippen LogP contribution in [0.25, 0.3) is 0 Å². The first-order valence-electron chi connectivity index (χ1n) is 6.09. The molecule has 0 heterocycles. The zero-order chi connectivity index (χ0) is 14.1. The van der Waals surface area contributed by atoms with Gasteiger partial charge in [-0.05, 0) is 41.5 Å². The molecule has 0 aliphatic heterocycles. The molecule has 0 bridgehead atoms. The Morgan fingerprint density at radius 3 is 0.882 bits per heavy atom. The molecule has 0 amide bonds. The minimum atomic E-state index is -2.10. The van der Waals surface area contributed by atoms with Crippen LogP contribution < -0.4 is 0 Å². The fourth-order valence-corrected chi connectivity index (χ4v) is 8.36. The molecule has 0 saturated carbocycles. The Hall–Kier alpha value is 0.0969. The number of rotatable bonds is 6. The summed E-state index contributed by atoms with van der Waals surface area (Å²) in [6, 6.07) is 0. The summed E-state index contributed by atoms with van der Waals surface area (Å²) in [6.07, 6.45) is 0. The van der Waals surface area contributed by atoms with E-state index in [1.165, 1.54) is 0 Å². The Labute approximate surface area is 108 Å². The lowest BCUT2D eigenvalue weighted by molar-refractivity contribution is -0.00157. The van der Waals surface area contributed by atoms with Crippen LogP contribution in [0.4, 0.5) is 0 Å². The highest BCUT2D eigenvalue weighted by Crippen LogP contribution is 2.43. The molecule has 0 aliphatic carbocycles. The van der Waals surface area contributed by atoms with E-state index in [-0.39, 0.29) is 15.7 Å². The SMILES string of the molecule is COC(C)(C)[Si](C)(C(C)(C)OC)C(C)(C)OC. The molecule has 104 valence electrons. The largest absolute Gasteiger partial charge is 0.382 e. The van der Waals surface area contributed by atoms with Gasteiger partial charge < -0.3 is 14.2 Å². The Balaban J connectivity index is 5.88. The summed E-state index contributed by atoms with van der Waals surface area (Å²) < 4.78 is 17.3. The van der Waals surface area contributed by atoms with Crippen molar-refractivity contribution in [1.29, 1.82) is 0 Å². The second-order valence-corrected chi connectivity index (χ2v) is 12.1. The van der Waals surface area contributed by atoms with Gasteiger partial charge in [0.05, 0.1) is 15.7 Å². The van der Waals surface area contributed by atoms with Gasteiger partial charge in [-0.2, -0.15) is 0 Å². The summed E-state index contributed by atoms with van der Waals surface area (Å²) in [7, 11) is 3.20. The van der Waals surface area contributed by atoms with E-state index in [0.717, 1.165) is 0 Å². The monoisotopic (exact) mass is 262 g/mol. The Morgan fingerprint density at radius 1 is 0.588 bits per heavy atom. The van der Waals surface area contributed by atoms with Gasteiger partial charge in [-0.1, -0.05) is 6.55 Å². The van der Waals surface area contributed by atoms with Crippen molar-refractivity contribution in [3.05, 3.63) is 0 Å². The Bertz CT molecular complexity index is 219. The third kappa shape index (κ3) is 2.45. The predicted molar refractivity (Wildman–Crippen MR) is 74.9 cm³/mol. The fraction of sp³-hybridized carbons (Fsp3) is 1.00. The van der Waals surface area contributed by atoms with Crippen molar-refractivity contribution in [2.45, 2.75) is 63.8 Å². The number of hydrogen-bond donors (Lipinski definition) is 0. The predicted octanol–water partition coefficient (Wildman–Crippen LogP) is 2.96. The van der Waals surface area contributed by atoms with Gasteiger partial charge >= 0.3 is 0 Å². The molecule has 0 saturated heterocycles. The standard InChI is InChI=1S/C13H30O3Si/c1-11(2,14-7)17(10,12(3,4)15-8)13(5,6)16-9/h1-10H3. The minimum Gasteiger partial charge on any atom is -0.382 e. The normalized spacial score (nSPS) is 15.2. The molecule has 4 heteroatoms. The van der Waals surface area contributed by atoms with Crippen LogP contribution in [0.3, 0.4) is 0 Å². The van der Waals surface area contributed by atoms with Gasteiger partial charge in [0.25, 0.3) is 0 Å². The second kappa shape index (κ2) is 5.00. The van der Waals surface area contributed by atoms with Crippen molar-refractivity contribution >= 4 is 8.07 Å². The Morgan fingerprint density at radius 2 is 0.765 bits per heavy atom. The van der Waals surface area contributed by atoms with Gasteiger partial charge in [-0.3, -0.25) is 0 Å². The number of hydrogen-bond acceptors (Lipinski definition) is 3. The zero-order valence-electron chi connectivity index (χ0n) is 13.2. The minimum absolute atomic E-state index is 0.244. The average Bonchev–Trinajstić information content (AvgIpc) is 2.27. The third-order valence-electron chi connectivity index (χ3n) is 5.14. The zero-order valence-corrected chi connectivity index (χ0v) is 14.2. The lowest BCUT2D eigenvalue weighted by Gasteiger charge is -2.57. The van der Waals surface area contributed by atoms with Crippen molar-refractivity contribution in [2.24, 2.45) is 0 Å². The van der Waals surface area contributed by atoms with Crippen LogP contribution in [0.15, 0.2) is 0 Å². The van der Waals surface area contributed by atoms with E-state index in [1.807, 2.05) is 0 Å². The topological polar surface area (TPSA) is 27.7 Å². The van der Waals surface area contributed by atoms with Gasteiger partial charge in [0, 0.05) is 21.3 Å². The van der Waals surface area contributed by atoms with E-state index in [9.17, 15) is 0 Å². The molecule has 0 fully saturated rings. The lowest BCUT2D eigenvalue weighted by Crippen LogP contribution is -2.77. The van der Waals surface area contributed by atoms with Crippen molar-refractivity contribution < 1.29 is 14.2 Å². The number of methoxy groups -OCH3 is 3. The van der Waals surface area contributed by atoms with Crippen molar-refractivity contribution in [1.82, 2.24) is 0 Å². The number of ether oxygens (including phenoxy) is 3. The van der Waals surface area contributed by atoms with Gasteiger partial charge in [0.15, 0.2) is 8.07 Å². The van der Waals surface area contributed by atoms with Crippen molar-refractivity contribution in [2.75, 3.05) is 21.3 Å². The molecule has 0 radical (unpaired) electrons.